The molecule has 0 atom stereocenters. The molecule has 1 fully saturated rings. The Hall–Kier alpha value is -1.65. The maximum absolute atomic E-state index is 10.8. The van der Waals surface area contributed by atoms with Gasteiger partial charge in [0.2, 0.25) is 5.95 Å². The largest absolute Gasteiger partial charge is 0.480 e. The van der Waals surface area contributed by atoms with Crippen molar-refractivity contribution >= 4 is 11.9 Å². The van der Waals surface area contributed by atoms with Crippen molar-refractivity contribution < 1.29 is 9.90 Å². The van der Waals surface area contributed by atoms with Gasteiger partial charge in [-0.25, -0.2) is 9.97 Å². The SMILES string of the molecule is Cc1cc(C)nc(N(CC(=O)O)C2CC2)n1. The van der Waals surface area contributed by atoms with E-state index in [1.54, 1.807) is 4.90 Å². The van der Waals surface area contributed by atoms with E-state index in [0.29, 0.717) is 12.0 Å². The van der Waals surface area contributed by atoms with E-state index in [1.807, 2.05) is 19.9 Å². The van der Waals surface area contributed by atoms with Gasteiger partial charge in [0.25, 0.3) is 0 Å². The van der Waals surface area contributed by atoms with Gasteiger partial charge in [-0.15, -0.1) is 0 Å². The lowest BCUT2D eigenvalue weighted by molar-refractivity contribution is -0.135. The topological polar surface area (TPSA) is 66.3 Å². The van der Waals surface area contributed by atoms with E-state index in [4.69, 9.17) is 5.11 Å². The van der Waals surface area contributed by atoms with Crippen molar-refractivity contribution in [2.24, 2.45) is 0 Å². The number of aromatic nitrogens is 2. The molecule has 0 spiro atoms. The number of carboxylic acids is 1. The number of hydrogen-bond acceptors (Lipinski definition) is 4. The third-order valence-electron chi connectivity index (χ3n) is 2.52. The molecule has 0 bridgehead atoms. The number of nitrogens with zero attached hydrogens (tertiary/aromatic N) is 3. The Labute approximate surface area is 94.1 Å². The molecule has 2 rings (SSSR count). The summed E-state index contributed by atoms with van der Waals surface area (Å²) < 4.78 is 0. The fourth-order valence-electron chi connectivity index (χ4n) is 1.73. The number of hydrogen-bond donors (Lipinski definition) is 1. The minimum atomic E-state index is -0.838. The van der Waals surface area contributed by atoms with Crippen LogP contribution in [0.1, 0.15) is 24.2 Å². The van der Waals surface area contributed by atoms with Gasteiger partial charge in [-0.05, 0) is 32.8 Å². The summed E-state index contributed by atoms with van der Waals surface area (Å²) >= 11 is 0. The Morgan fingerprint density at radius 3 is 2.44 bits per heavy atom. The van der Waals surface area contributed by atoms with Crippen molar-refractivity contribution in [3.05, 3.63) is 17.5 Å². The molecule has 0 radical (unpaired) electrons. The lowest BCUT2D eigenvalue weighted by Gasteiger charge is -2.20. The molecular formula is C11H15N3O2. The third kappa shape index (κ3) is 2.48. The minimum absolute atomic E-state index is 0.0203. The van der Waals surface area contributed by atoms with Crippen LogP contribution in [0.25, 0.3) is 0 Å². The van der Waals surface area contributed by atoms with Gasteiger partial charge < -0.3 is 10.0 Å². The maximum atomic E-state index is 10.8. The average Bonchev–Trinajstić information content (AvgIpc) is 2.95. The van der Waals surface area contributed by atoms with Crippen LogP contribution in [-0.2, 0) is 4.79 Å². The number of carbonyl (C=O) groups is 1. The van der Waals surface area contributed by atoms with Crippen molar-refractivity contribution in [2.75, 3.05) is 11.4 Å². The monoisotopic (exact) mass is 221 g/mol. The van der Waals surface area contributed by atoms with Gasteiger partial charge in [-0.1, -0.05) is 0 Å². The zero-order valence-corrected chi connectivity index (χ0v) is 9.47. The number of anilines is 1. The quantitative estimate of drug-likeness (QED) is 0.826. The van der Waals surface area contributed by atoms with E-state index < -0.39 is 5.97 Å². The highest BCUT2D eigenvalue weighted by Crippen LogP contribution is 2.29. The summed E-state index contributed by atoms with van der Waals surface area (Å²) in [5, 5.41) is 8.86. The van der Waals surface area contributed by atoms with E-state index in [-0.39, 0.29) is 6.54 Å². The summed E-state index contributed by atoms with van der Waals surface area (Å²) in [6, 6.07) is 2.19. The Balaban J connectivity index is 2.26. The Morgan fingerprint density at radius 2 is 2.00 bits per heavy atom. The van der Waals surface area contributed by atoms with E-state index in [9.17, 15) is 4.79 Å². The van der Waals surface area contributed by atoms with Crippen molar-refractivity contribution in [1.82, 2.24) is 9.97 Å². The number of aliphatic carboxylic acids is 1. The van der Waals surface area contributed by atoms with Gasteiger partial charge in [0.05, 0.1) is 0 Å². The van der Waals surface area contributed by atoms with Crippen molar-refractivity contribution in [1.29, 1.82) is 0 Å². The second kappa shape index (κ2) is 4.08. The first-order chi connectivity index (χ1) is 7.56. The molecule has 1 aliphatic rings. The Morgan fingerprint density at radius 1 is 1.44 bits per heavy atom. The van der Waals surface area contributed by atoms with Gasteiger partial charge >= 0.3 is 5.97 Å². The highest BCUT2D eigenvalue weighted by atomic mass is 16.4. The van der Waals surface area contributed by atoms with Crippen LogP contribution < -0.4 is 4.90 Å². The molecular weight excluding hydrogens is 206 g/mol. The van der Waals surface area contributed by atoms with Gasteiger partial charge in [0.1, 0.15) is 6.54 Å². The Bertz CT molecular complexity index is 395. The first-order valence-electron chi connectivity index (χ1n) is 5.37. The molecule has 1 aromatic rings. The van der Waals surface area contributed by atoms with Gasteiger partial charge in [0, 0.05) is 17.4 Å². The minimum Gasteiger partial charge on any atom is -0.480 e. The molecule has 1 N–H and O–H groups in total. The molecule has 0 amide bonds. The zero-order chi connectivity index (χ0) is 11.7. The fraction of sp³-hybridized carbons (Fsp3) is 0.545. The second-order valence-corrected chi connectivity index (χ2v) is 4.20. The molecule has 1 aromatic heterocycles. The molecule has 5 nitrogen and oxygen atoms in total. The summed E-state index contributed by atoms with van der Waals surface area (Å²) in [7, 11) is 0. The van der Waals surface area contributed by atoms with Crippen molar-refractivity contribution in [2.45, 2.75) is 32.7 Å². The van der Waals surface area contributed by atoms with Crippen LogP contribution in [0, 0.1) is 13.8 Å². The summed E-state index contributed by atoms with van der Waals surface area (Å²) in [6.07, 6.45) is 2.06. The van der Waals surface area contributed by atoms with Gasteiger partial charge in [0.15, 0.2) is 0 Å². The normalized spacial score (nSPS) is 14.9. The summed E-state index contributed by atoms with van der Waals surface area (Å²) in [5.41, 5.74) is 1.75. The molecule has 1 saturated carbocycles. The maximum Gasteiger partial charge on any atom is 0.323 e. The smallest absolute Gasteiger partial charge is 0.323 e. The fourth-order valence-corrected chi connectivity index (χ4v) is 1.73. The first-order valence-corrected chi connectivity index (χ1v) is 5.37. The van der Waals surface area contributed by atoms with Crippen LogP contribution in [0.15, 0.2) is 6.07 Å². The molecule has 86 valence electrons. The lowest BCUT2D eigenvalue weighted by atomic mass is 10.3. The van der Waals surface area contributed by atoms with Gasteiger partial charge in [-0.2, -0.15) is 0 Å². The Kier molecular flexibility index (Phi) is 2.77. The van der Waals surface area contributed by atoms with Gasteiger partial charge in [-0.3, -0.25) is 4.79 Å². The summed E-state index contributed by atoms with van der Waals surface area (Å²) in [6.45, 7) is 3.77. The van der Waals surface area contributed by atoms with Crippen molar-refractivity contribution in [3.8, 4) is 0 Å². The molecule has 1 aliphatic carbocycles. The van der Waals surface area contributed by atoms with Crippen LogP contribution in [-0.4, -0.2) is 33.6 Å². The zero-order valence-electron chi connectivity index (χ0n) is 9.47. The average molecular weight is 221 g/mol. The van der Waals surface area contributed by atoms with Crippen molar-refractivity contribution in [3.63, 3.8) is 0 Å². The van der Waals surface area contributed by atoms with Crippen LogP contribution in [0.4, 0.5) is 5.95 Å². The van der Waals surface area contributed by atoms with E-state index >= 15 is 0 Å². The van der Waals surface area contributed by atoms with E-state index in [0.717, 1.165) is 24.2 Å². The number of carboxylic acid groups (broad SMARTS) is 1. The molecule has 1 heterocycles. The molecule has 16 heavy (non-hydrogen) atoms. The number of aryl methyl sites for hydroxylation is 2. The standard InChI is InChI=1S/C11H15N3O2/c1-7-5-8(2)13-11(12-7)14(6-10(15)16)9-3-4-9/h5,9H,3-4,6H2,1-2H3,(H,15,16). The summed E-state index contributed by atoms with van der Waals surface area (Å²) in [5.74, 6) is -0.294. The molecule has 0 aromatic carbocycles. The predicted molar refractivity (Wildman–Crippen MR) is 59.5 cm³/mol. The van der Waals surface area contributed by atoms with Crippen LogP contribution in [0.2, 0.25) is 0 Å². The predicted octanol–water partition coefficient (Wildman–Crippen LogP) is 1.15. The molecule has 0 aliphatic heterocycles. The van der Waals surface area contributed by atoms with E-state index in [2.05, 4.69) is 9.97 Å². The van der Waals surface area contributed by atoms with E-state index in [1.165, 1.54) is 0 Å². The molecule has 5 heteroatoms. The molecule has 0 saturated heterocycles. The molecule has 0 unspecified atom stereocenters. The summed E-state index contributed by atoms with van der Waals surface area (Å²) in [4.78, 5) is 21.2. The number of rotatable bonds is 4. The second-order valence-electron chi connectivity index (χ2n) is 4.20. The van der Waals surface area contributed by atoms with Crippen LogP contribution in [0.5, 0.6) is 0 Å². The highest BCUT2D eigenvalue weighted by Gasteiger charge is 2.32. The lowest BCUT2D eigenvalue weighted by Crippen LogP contribution is -2.33. The van der Waals surface area contributed by atoms with Crippen LogP contribution >= 0.6 is 0 Å². The van der Waals surface area contributed by atoms with Crippen LogP contribution in [0.3, 0.4) is 0 Å². The third-order valence-corrected chi connectivity index (χ3v) is 2.52. The highest BCUT2D eigenvalue weighted by molar-refractivity contribution is 5.73. The first kappa shape index (κ1) is 10.9.